The van der Waals surface area contributed by atoms with E-state index in [1.807, 2.05) is 30.8 Å². The zero-order valence-electron chi connectivity index (χ0n) is 11.2. The molecule has 1 rings (SSSR count). The lowest BCUT2D eigenvalue weighted by Crippen LogP contribution is -2.44. The van der Waals surface area contributed by atoms with Crippen LogP contribution in [0.1, 0.15) is 26.7 Å². The minimum absolute atomic E-state index is 0.0550. The van der Waals surface area contributed by atoms with E-state index in [0.29, 0.717) is 0 Å². The second kappa shape index (κ2) is 8.43. The van der Waals surface area contributed by atoms with Gasteiger partial charge in [0.15, 0.2) is 0 Å². The SMILES string of the molecule is CCSCCC(C)NC(=O)N[C@@H]1C=C[C@H](CO)C1. The summed E-state index contributed by atoms with van der Waals surface area (Å²) in [5.74, 6) is 2.39. The molecule has 0 aromatic carbocycles. The molecule has 3 N–H and O–H groups in total. The zero-order chi connectivity index (χ0) is 13.4. The lowest BCUT2D eigenvalue weighted by Gasteiger charge is -2.17. The van der Waals surface area contributed by atoms with E-state index in [4.69, 9.17) is 5.11 Å². The minimum Gasteiger partial charge on any atom is -0.396 e. The Morgan fingerprint density at radius 1 is 1.56 bits per heavy atom. The number of aliphatic hydroxyl groups excluding tert-OH is 1. The van der Waals surface area contributed by atoms with E-state index in [1.54, 1.807) is 0 Å². The lowest BCUT2D eigenvalue weighted by molar-refractivity contribution is 0.229. The Hall–Kier alpha value is -0.680. The van der Waals surface area contributed by atoms with Crippen LogP contribution < -0.4 is 10.6 Å². The van der Waals surface area contributed by atoms with Gasteiger partial charge in [-0.1, -0.05) is 19.1 Å². The molecule has 0 aliphatic heterocycles. The number of thioether (sulfide) groups is 1. The zero-order valence-corrected chi connectivity index (χ0v) is 12.0. The third kappa shape index (κ3) is 5.78. The number of nitrogens with one attached hydrogen (secondary N) is 2. The fraction of sp³-hybridized carbons (Fsp3) is 0.769. The number of hydrogen-bond donors (Lipinski definition) is 3. The van der Waals surface area contributed by atoms with Crippen molar-refractivity contribution in [3.8, 4) is 0 Å². The van der Waals surface area contributed by atoms with Crippen molar-refractivity contribution in [3.05, 3.63) is 12.2 Å². The maximum absolute atomic E-state index is 11.7. The molecular weight excluding hydrogens is 248 g/mol. The number of amides is 2. The monoisotopic (exact) mass is 272 g/mol. The first-order valence-electron chi connectivity index (χ1n) is 6.59. The van der Waals surface area contributed by atoms with Gasteiger partial charge in [0.2, 0.25) is 0 Å². The molecule has 1 aliphatic rings. The van der Waals surface area contributed by atoms with E-state index >= 15 is 0 Å². The molecule has 104 valence electrons. The quantitative estimate of drug-likeness (QED) is 0.489. The number of urea groups is 1. The maximum atomic E-state index is 11.7. The Balaban J connectivity index is 2.15. The van der Waals surface area contributed by atoms with E-state index in [-0.39, 0.29) is 30.6 Å². The number of hydrogen-bond acceptors (Lipinski definition) is 3. The van der Waals surface area contributed by atoms with Gasteiger partial charge in [-0.15, -0.1) is 0 Å². The number of carbonyl (C=O) groups is 1. The number of rotatable bonds is 7. The van der Waals surface area contributed by atoms with Crippen molar-refractivity contribution in [2.45, 2.75) is 38.8 Å². The van der Waals surface area contributed by atoms with Gasteiger partial charge >= 0.3 is 6.03 Å². The molecule has 0 heterocycles. The van der Waals surface area contributed by atoms with Crippen LogP contribution >= 0.6 is 11.8 Å². The number of carbonyl (C=O) groups excluding carboxylic acids is 1. The van der Waals surface area contributed by atoms with E-state index in [0.717, 1.165) is 24.3 Å². The second-order valence-corrected chi connectivity index (χ2v) is 6.07. The Kier molecular flexibility index (Phi) is 7.20. The van der Waals surface area contributed by atoms with Crippen LogP contribution in [-0.4, -0.2) is 41.3 Å². The van der Waals surface area contributed by atoms with E-state index in [1.165, 1.54) is 0 Å². The maximum Gasteiger partial charge on any atom is 0.315 e. The molecule has 4 nitrogen and oxygen atoms in total. The van der Waals surface area contributed by atoms with E-state index in [9.17, 15) is 4.79 Å². The van der Waals surface area contributed by atoms with Crippen LogP contribution in [0.2, 0.25) is 0 Å². The van der Waals surface area contributed by atoms with E-state index < -0.39 is 0 Å². The summed E-state index contributed by atoms with van der Waals surface area (Å²) in [5.41, 5.74) is 0. The lowest BCUT2D eigenvalue weighted by atomic mass is 10.1. The minimum atomic E-state index is -0.114. The molecule has 0 radical (unpaired) electrons. The van der Waals surface area contributed by atoms with Gasteiger partial charge in [-0.25, -0.2) is 4.79 Å². The van der Waals surface area contributed by atoms with E-state index in [2.05, 4.69) is 17.6 Å². The van der Waals surface area contributed by atoms with Gasteiger partial charge in [0, 0.05) is 24.6 Å². The summed E-state index contributed by atoms with van der Waals surface area (Å²) in [6.07, 6.45) is 5.71. The molecule has 3 atom stereocenters. The third-order valence-corrected chi connectivity index (χ3v) is 3.93. The molecule has 0 saturated carbocycles. The summed E-state index contributed by atoms with van der Waals surface area (Å²) < 4.78 is 0. The molecule has 1 aliphatic carbocycles. The molecule has 5 heteroatoms. The third-order valence-electron chi connectivity index (χ3n) is 3.00. The van der Waals surface area contributed by atoms with Crippen LogP contribution in [0.3, 0.4) is 0 Å². The molecule has 18 heavy (non-hydrogen) atoms. The van der Waals surface area contributed by atoms with Gasteiger partial charge < -0.3 is 15.7 Å². The summed E-state index contributed by atoms with van der Waals surface area (Å²) in [4.78, 5) is 11.7. The molecule has 0 saturated heterocycles. The van der Waals surface area contributed by atoms with Crippen LogP contribution in [-0.2, 0) is 0 Å². The predicted octanol–water partition coefficient (Wildman–Crippen LogP) is 1.75. The highest BCUT2D eigenvalue weighted by Crippen LogP contribution is 2.16. The standard InChI is InChI=1S/C13H24N2O2S/c1-3-18-7-6-10(2)14-13(17)15-12-5-4-11(8-12)9-16/h4-5,10-12,16H,3,6-9H2,1-2H3,(H2,14,15,17)/t10?,11-,12+/m0/s1. The second-order valence-electron chi connectivity index (χ2n) is 4.67. The summed E-state index contributed by atoms with van der Waals surface area (Å²) in [6.45, 7) is 4.32. The van der Waals surface area contributed by atoms with Crippen molar-refractivity contribution in [1.29, 1.82) is 0 Å². The summed E-state index contributed by atoms with van der Waals surface area (Å²) in [7, 11) is 0. The molecule has 1 unspecified atom stereocenters. The van der Waals surface area contributed by atoms with Gasteiger partial charge in [0.1, 0.15) is 0 Å². The van der Waals surface area contributed by atoms with Gasteiger partial charge in [0.25, 0.3) is 0 Å². The topological polar surface area (TPSA) is 61.4 Å². The van der Waals surface area contributed by atoms with Crippen LogP contribution in [0.5, 0.6) is 0 Å². The van der Waals surface area contributed by atoms with Gasteiger partial charge in [0.05, 0.1) is 0 Å². The largest absolute Gasteiger partial charge is 0.396 e. The summed E-state index contributed by atoms with van der Waals surface area (Å²) >= 11 is 1.89. The highest BCUT2D eigenvalue weighted by molar-refractivity contribution is 7.99. The van der Waals surface area contributed by atoms with Gasteiger partial charge in [-0.2, -0.15) is 11.8 Å². The average molecular weight is 272 g/mol. The Morgan fingerprint density at radius 3 is 2.94 bits per heavy atom. The normalized spacial score (nSPS) is 23.9. The van der Waals surface area contributed by atoms with Crippen molar-refractivity contribution < 1.29 is 9.90 Å². The molecule has 0 spiro atoms. The van der Waals surface area contributed by atoms with Crippen LogP contribution in [0, 0.1) is 5.92 Å². The summed E-state index contributed by atoms with van der Waals surface area (Å²) in [6, 6.07) is 0.139. The first-order chi connectivity index (χ1) is 8.65. The molecule has 0 aromatic heterocycles. The Bertz CT molecular complexity index is 284. The fourth-order valence-corrected chi connectivity index (χ4v) is 2.74. The van der Waals surface area contributed by atoms with Crippen molar-refractivity contribution >= 4 is 17.8 Å². The van der Waals surface area contributed by atoms with Crippen molar-refractivity contribution in [3.63, 3.8) is 0 Å². The number of aliphatic hydroxyl groups is 1. The first-order valence-corrected chi connectivity index (χ1v) is 7.75. The van der Waals surface area contributed by atoms with Crippen LogP contribution in [0.25, 0.3) is 0 Å². The Morgan fingerprint density at radius 2 is 2.33 bits per heavy atom. The fourth-order valence-electron chi connectivity index (χ4n) is 1.93. The molecule has 0 bridgehead atoms. The highest BCUT2D eigenvalue weighted by Gasteiger charge is 2.19. The Labute approximate surface area is 114 Å². The average Bonchev–Trinajstić information content (AvgIpc) is 2.76. The van der Waals surface area contributed by atoms with Crippen LogP contribution in [0.15, 0.2) is 12.2 Å². The molecular formula is C13H24N2O2S. The first kappa shape index (κ1) is 15.4. The molecule has 0 fully saturated rings. The molecule has 2 amide bonds. The van der Waals surface area contributed by atoms with Crippen molar-refractivity contribution in [2.24, 2.45) is 5.92 Å². The van der Waals surface area contributed by atoms with Crippen LogP contribution in [0.4, 0.5) is 4.79 Å². The smallest absolute Gasteiger partial charge is 0.315 e. The van der Waals surface area contributed by atoms with Crippen molar-refractivity contribution in [2.75, 3.05) is 18.1 Å². The highest BCUT2D eigenvalue weighted by atomic mass is 32.2. The van der Waals surface area contributed by atoms with Crippen molar-refractivity contribution in [1.82, 2.24) is 10.6 Å². The van der Waals surface area contributed by atoms with Gasteiger partial charge in [-0.05, 0) is 31.3 Å². The summed E-state index contributed by atoms with van der Waals surface area (Å²) in [5, 5.41) is 14.9. The van der Waals surface area contributed by atoms with Gasteiger partial charge in [-0.3, -0.25) is 0 Å². The molecule has 0 aromatic rings. The predicted molar refractivity (Wildman–Crippen MR) is 76.9 cm³/mol.